The highest BCUT2D eigenvalue weighted by atomic mass is 16.2. The van der Waals surface area contributed by atoms with E-state index in [1.54, 1.807) is 4.90 Å². The van der Waals surface area contributed by atoms with Crippen molar-refractivity contribution in [3.05, 3.63) is 35.4 Å². The zero-order valence-electron chi connectivity index (χ0n) is 10.3. The van der Waals surface area contributed by atoms with E-state index >= 15 is 0 Å². The fraction of sp³-hybridized carbons (Fsp3) is 0.429. The molecule has 0 radical (unpaired) electrons. The first kappa shape index (κ1) is 11.8. The fourth-order valence-electron chi connectivity index (χ4n) is 2.16. The maximum Gasteiger partial charge on any atom is 0.253 e. The van der Waals surface area contributed by atoms with Crippen molar-refractivity contribution in [3.8, 4) is 0 Å². The molecule has 0 bridgehead atoms. The highest BCUT2D eigenvalue weighted by Crippen LogP contribution is 2.16. The van der Waals surface area contributed by atoms with Gasteiger partial charge in [-0.25, -0.2) is 0 Å². The lowest BCUT2D eigenvalue weighted by Crippen LogP contribution is -2.43. The molecular formula is C14H17NO2. The third-order valence-corrected chi connectivity index (χ3v) is 3.22. The van der Waals surface area contributed by atoms with Gasteiger partial charge in [0, 0.05) is 31.0 Å². The predicted molar refractivity (Wildman–Crippen MR) is 65.9 cm³/mol. The van der Waals surface area contributed by atoms with Gasteiger partial charge in [0.25, 0.3) is 5.91 Å². The van der Waals surface area contributed by atoms with Gasteiger partial charge in [-0.1, -0.05) is 24.6 Å². The molecule has 1 atom stereocenters. The smallest absolute Gasteiger partial charge is 0.253 e. The molecule has 3 nitrogen and oxygen atoms in total. The third-order valence-electron chi connectivity index (χ3n) is 3.22. The van der Waals surface area contributed by atoms with Crippen molar-refractivity contribution < 1.29 is 9.59 Å². The second kappa shape index (κ2) is 4.70. The number of nitrogens with zero attached hydrogens (tertiary/aromatic N) is 1. The van der Waals surface area contributed by atoms with Crippen molar-refractivity contribution >= 4 is 11.7 Å². The summed E-state index contributed by atoms with van der Waals surface area (Å²) in [5, 5.41) is 0. The Hall–Kier alpha value is -1.64. The molecule has 17 heavy (non-hydrogen) atoms. The molecule has 1 aromatic carbocycles. The number of hydrogen-bond acceptors (Lipinski definition) is 2. The van der Waals surface area contributed by atoms with Gasteiger partial charge in [0.05, 0.1) is 0 Å². The van der Waals surface area contributed by atoms with Crippen molar-refractivity contribution in [3.63, 3.8) is 0 Å². The first-order valence-electron chi connectivity index (χ1n) is 5.96. The van der Waals surface area contributed by atoms with Crippen LogP contribution >= 0.6 is 0 Å². The van der Waals surface area contributed by atoms with Crippen molar-refractivity contribution in [2.24, 2.45) is 5.92 Å². The molecule has 0 aromatic heterocycles. The van der Waals surface area contributed by atoms with Gasteiger partial charge in [-0.05, 0) is 19.1 Å². The molecule has 1 unspecified atom stereocenters. The normalized spacial score (nSPS) is 20.5. The SMILES string of the molecule is Cc1cccc(C(=O)N2CCC(=O)C(C)C2)c1. The van der Waals surface area contributed by atoms with Crippen molar-refractivity contribution in [2.45, 2.75) is 20.3 Å². The van der Waals surface area contributed by atoms with E-state index in [0.717, 1.165) is 5.56 Å². The summed E-state index contributed by atoms with van der Waals surface area (Å²) >= 11 is 0. The van der Waals surface area contributed by atoms with E-state index in [1.807, 2.05) is 38.1 Å². The van der Waals surface area contributed by atoms with E-state index < -0.39 is 0 Å². The van der Waals surface area contributed by atoms with Crippen LogP contribution in [-0.4, -0.2) is 29.7 Å². The number of carbonyl (C=O) groups excluding carboxylic acids is 2. The minimum absolute atomic E-state index is 0.0301. The number of carbonyl (C=O) groups is 2. The molecule has 1 aromatic rings. The first-order chi connectivity index (χ1) is 8.08. The molecule has 1 amide bonds. The van der Waals surface area contributed by atoms with Crippen LogP contribution in [0.25, 0.3) is 0 Å². The lowest BCUT2D eigenvalue weighted by Gasteiger charge is -2.30. The summed E-state index contributed by atoms with van der Waals surface area (Å²) in [5.41, 5.74) is 1.79. The molecule has 0 N–H and O–H groups in total. The standard InChI is InChI=1S/C14H17NO2/c1-10-4-3-5-12(8-10)14(17)15-7-6-13(16)11(2)9-15/h3-5,8,11H,6-7,9H2,1-2H3. The molecule has 0 saturated carbocycles. The Morgan fingerprint density at radius 2 is 2.18 bits per heavy atom. The van der Waals surface area contributed by atoms with Crippen molar-refractivity contribution in [1.82, 2.24) is 4.90 Å². The highest BCUT2D eigenvalue weighted by molar-refractivity contribution is 5.95. The summed E-state index contributed by atoms with van der Waals surface area (Å²) in [6, 6.07) is 7.58. The van der Waals surface area contributed by atoms with Crippen LogP contribution in [0.3, 0.4) is 0 Å². The lowest BCUT2D eigenvalue weighted by molar-refractivity contribution is -0.124. The molecule has 2 rings (SSSR count). The van der Waals surface area contributed by atoms with Gasteiger partial charge in [-0.15, -0.1) is 0 Å². The monoisotopic (exact) mass is 231 g/mol. The summed E-state index contributed by atoms with van der Waals surface area (Å²) in [4.78, 5) is 25.4. The summed E-state index contributed by atoms with van der Waals surface area (Å²) in [5.74, 6) is 0.267. The van der Waals surface area contributed by atoms with Crippen LogP contribution in [0.2, 0.25) is 0 Å². The zero-order valence-corrected chi connectivity index (χ0v) is 10.3. The minimum atomic E-state index is -0.0301. The van der Waals surface area contributed by atoms with Crippen LogP contribution in [0.5, 0.6) is 0 Å². The topological polar surface area (TPSA) is 37.4 Å². The van der Waals surface area contributed by atoms with E-state index in [4.69, 9.17) is 0 Å². The average Bonchev–Trinajstić information content (AvgIpc) is 2.32. The van der Waals surface area contributed by atoms with E-state index in [2.05, 4.69) is 0 Å². The van der Waals surface area contributed by atoms with Gasteiger partial charge < -0.3 is 4.90 Å². The number of rotatable bonds is 1. The number of likely N-dealkylation sites (tertiary alicyclic amines) is 1. The van der Waals surface area contributed by atoms with E-state index in [0.29, 0.717) is 25.1 Å². The Balaban J connectivity index is 2.13. The number of aryl methyl sites for hydroxylation is 1. The largest absolute Gasteiger partial charge is 0.337 e. The summed E-state index contributed by atoms with van der Waals surface area (Å²) in [7, 11) is 0. The summed E-state index contributed by atoms with van der Waals surface area (Å²) < 4.78 is 0. The van der Waals surface area contributed by atoms with Crippen LogP contribution in [0.15, 0.2) is 24.3 Å². The lowest BCUT2D eigenvalue weighted by atomic mass is 9.98. The van der Waals surface area contributed by atoms with Crippen LogP contribution in [-0.2, 0) is 4.79 Å². The second-order valence-electron chi connectivity index (χ2n) is 4.74. The minimum Gasteiger partial charge on any atom is -0.337 e. The van der Waals surface area contributed by atoms with Gasteiger partial charge in [0.2, 0.25) is 0 Å². The second-order valence-corrected chi connectivity index (χ2v) is 4.74. The first-order valence-corrected chi connectivity index (χ1v) is 5.96. The zero-order chi connectivity index (χ0) is 12.4. The Kier molecular flexibility index (Phi) is 3.27. The number of ketones is 1. The molecule has 1 aliphatic heterocycles. The average molecular weight is 231 g/mol. The third kappa shape index (κ3) is 2.54. The fourth-order valence-corrected chi connectivity index (χ4v) is 2.16. The molecule has 1 fully saturated rings. The Bertz CT molecular complexity index is 453. The van der Waals surface area contributed by atoms with Gasteiger partial charge in [-0.3, -0.25) is 9.59 Å². The number of hydrogen-bond donors (Lipinski definition) is 0. The predicted octanol–water partition coefficient (Wildman–Crippen LogP) is 2.05. The molecule has 0 aliphatic carbocycles. The molecule has 1 aliphatic rings. The highest BCUT2D eigenvalue weighted by Gasteiger charge is 2.27. The molecular weight excluding hydrogens is 214 g/mol. The Morgan fingerprint density at radius 3 is 2.82 bits per heavy atom. The quantitative estimate of drug-likeness (QED) is 0.741. The molecule has 1 heterocycles. The van der Waals surface area contributed by atoms with Crippen LogP contribution < -0.4 is 0 Å². The Morgan fingerprint density at radius 1 is 1.41 bits per heavy atom. The van der Waals surface area contributed by atoms with Crippen LogP contribution in [0.4, 0.5) is 0 Å². The molecule has 90 valence electrons. The van der Waals surface area contributed by atoms with Gasteiger partial charge in [-0.2, -0.15) is 0 Å². The van der Waals surface area contributed by atoms with Gasteiger partial charge in [0.15, 0.2) is 0 Å². The van der Waals surface area contributed by atoms with Gasteiger partial charge >= 0.3 is 0 Å². The van der Waals surface area contributed by atoms with Crippen molar-refractivity contribution in [2.75, 3.05) is 13.1 Å². The number of Topliss-reactive ketones (excluding diaryl/α,β-unsaturated/α-hetero) is 1. The van der Waals surface area contributed by atoms with Crippen LogP contribution in [0, 0.1) is 12.8 Å². The Labute approximate surface area is 101 Å². The van der Waals surface area contributed by atoms with E-state index in [1.165, 1.54) is 0 Å². The maximum absolute atomic E-state index is 12.2. The van der Waals surface area contributed by atoms with Crippen molar-refractivity contribution in [1.29, 1.82) is 0 Å². The van der Waals surface area contributed by atoms with Gasteiger partial charge in [0.1, 0.15) is 5.78 Å². The molecule has 0 spiro atoms. The number of amides is 1. The summed E-state index contributed by atoms with van der Waals surface area (Å²) in [6.45, 7) is 4.96. The maximum atomic E-state index is 12.2. The van der Waals surface area contributed by atoms with E-state index in [-0.39, 0.29) is 17.6 Å². The van der Waals surface area contributed by atoms with E-state index in [9.17, 15) is 9.59 Å². The van der Waals surface area contributed by atoms with Crippen LogP contribution in [0.1, 0.15) is 29.3 Å². The number of benzene rings is 1. The molecule has 3 heteroatoms. The number of piperidine rings is 1. The molecule has 1 saturated heterocycles. The summed E-state index contributed by atoms with van der Waals surface area (Å²) in [6.07, 6.45) is 0.485.